The molecule has 1 atom stereocenters. The van der Waals surface area contributed by atoms with Crippen LogP contribution in [0, 0.1) is 0 Å². The Bertz CT molecular complexity index is 1360. The molecule has 0 spiro atoms. The first kappa shape index (κ1) is 31.1. The van der Waals surface area contributed by atoms with Crippen molar-refractivity contribution in [2.24, 2.45) is 0 Å². The third-order valence-electron chi connectivity index (χ3n) is 6.95. The lowest BCUT2D eigenvalue weighted by atomic mass is 10.0. The molecule has 2 heterocycles. The van der Waals surface area contributed by atoms with Gasteiger partial charge in [0.2, 0.25) is 5.95 Å². The SMILES string of the molecule is CC(C)(C)OC(=O)NCCCCOc1ccccc1CCc1nc(N2CCC[C@@H]2c2ccc(Cl)cc2)ncc1C(=O)O. The molecule has 1 aromatic heterocycles. The normalized spacial score (nSPS) is 15.0. The summed E-state index contributed by atoms with van der Waals surface area (Å²) in [6.45, 7) is 7.28. The first-order chi connectivity index (χ1) is 20.1. The fourth-order valence-electron chi connectivity index (χ4n) is 4.97. The van der Waals surface area contributed by atoms with E-state index in [2.05, 4.69) is 15.2 Å². The minimum atomic E-state index is -1.04. The summed E-state index contributed by atoms with van der Waals surface area (Å²) in [5, 5.41) is 13.3. The van der Waals surface area contributed by atoms with Crippen LogP contribution in [0.5, 0.6) is 5.75 Å². The van der Waals surface area contributed by atoms with Gasteiger partial charge in [-0.1, -0.05) is 41.9 Å². The molecule has 1 amide bonds. The molecular weight excluding hydrogens is 556 g/mol. The second-order valence-corrected chi connectivity index (χ2v) is 11.8. The van der Waals surface area contributed by atoms with Crippen molar-refractivity contribution in [1.29, 1.82) is 0 Å². The number of aromatic carboxylic acids is 1. The van der Waals surface area contributed by atoms with Crippen molar-refractivity contribution in [3.8, 4) is 5.75 Å². The van der Waals surface area contributed by atoms with Gasteiger partial charge in [-0.3, -0.25) is 0 Å². The minimum Gasteiger partial charge on any atom is -0.493 e. The number of benzene rings is 2. The average Bonchev–Trinajstić information content (AvgIpc) is 3.43. The van der Waals surface area contributed by atoms with Gasteiger partial charge in [0.1, 0.15) is 11.4 Å². The number of amides is 1. The third kappa shape index (κ3) is 8.82. The standard InChI is InChI=1S/C32H39ClN4O5/c1-32(2,3)42-31(40)34-18-6-7-20-41-28-11-5-4-9-23(28)14-17-26-25(29(38)39)21-35-30(36-26)37-19-8-10-27(37)22-12-15-24(33)16-13-22/h4-5,9,11-13,15-16,21,27H,6-8,10,14,17-20H2,1-3H3,(H,34,40)(H,38,39)/t27-/m1/s1. The van der Waals surface area contributed by atoms with Gasteiger partial charge in [0.15, 0.2) is 0 Å². The number of aryl methyl sites for hydroxylation is 2. The van der Waals surface area contributed by atoms with E-state index in [1.54, 1.807) is 0 Å². The molecule has 2 aromatic carbocycles. The Morgan fingerprint density at radius 2 is 1.86 bits per heavy atom. The molecular formula is C32H39ClN4O5. The Morgan fingerprint density at radius 1 is 1.10 bits per heavy atom. The van der Waals surface area contributed by atoms with Gasteiger partial charge in [0.25, 0.3) is 0 Å². The van der Waals surface area contributed by atoms with E-state index in [1.165, 1.54) is 6.20 Å². The zero-order valence-corrected chi connectivity index (χ0v) is 25.2. The van der Waals surface area contributed by atoms with Gasteiger partial charge in [-0.25, -0.2) is 19.6 Å². The molecule has 1 saturated heterocycles. The number of rotatable bonds is 12. The zero-order chi connectivity index (χ0) is 30.1. The number of nitrogens with zero attached hydrogens (tertiary/aromatic N) is 3. The maximum Gasteiger partial charge on any atom is 0.407 e. The number of unbranched alkanes of at least 4 members (excludes halogenated alkanes) is 1. The number of carbonyl (C=O) groups is 2. The number of ether oxygens (including phenoxy) is 2. The summed E-state index contributed by atoms with van der Waals surface area (Å²) in [6, 6.07) is 15.7. The number of hydrogen-bond acceptors (Lipinski definition) is 7. The molecule has 224 valence electrons. The van der Waals surface area contributed by atoms with Crippen molar-refractivity contribution in [2.45, 2.75) is 70.9 Å². The molecule has 2 N–H and O–H groups in total. The van der Waals surface area contributed by atoms with Crippen molar-refractivity contribution in [1.82, 2.24) is 15.3 Å². The van der Waals surface area contributed by atoms with E-state index in [0.29, 0.717) is 42.7 Å². The predicted octanol–water partition coefficient (Wildman–Crippen LogP) is 6.64. The van der Waals surface area contributed by atoms with Gasteiger partial charge in [-0.2, -0.15) is 0 Å². The van der Waals surface area contributed by atoms with Crippen LogP contribution in [0.2, 0.25) is 5.02 Å². The molecule has 0 bridgehead atoms. The highest BCUT2D eigenvalue weighted by Crippen LogP contribution is 2.35. The maximum atomic E-state index is 12.0. The van der Waals surface area contributed by atoms with E-state index in [1.807, 2.05) is 69.3 Å². The average molecular weight is 595 g/mol. The largest absolute Gasteiger partial charge is 0.493 e. The molecule has 10 heteroatoms. The Labute approximate surface area is 252 Å². The van der Waals surface area contributed by atoms with Crippen LogP contribution in [0.4, 0.5) is 10.7 Å². The first-order valence-electron chi connectivity index (χ1n) is 14.4. The number of anilines is 1. The molecule has 1 fully saturated rings. The number of carboxylic acid groups (broad SMARTS) is 1. The van der Waals surface area contributed by atoms with E-state index < -0.39 is 17.7 Å². The van der Waals surface area contributed by atoms with Crippen molar-refractivity contribution < 1.29 is 24.2 Å². The molecule has 9 nitrogen and oxygen atoms in total. The number of alkyl carbamates (subject to hydrolysis) is 1. The molecule has 0 aliphatic carbocycles. The fourth-order valence-corrected chi connectivity index (χ4v) is 5.10. The van der Waals surface area contributed by atoms with Crippen LogP contribution in [0.15, 0.2) is 54.7 Å². The molecule has 3 aromatic rings. The quantitative estimate of drug-likeness (QED) is 0.224. The van der Waals surface area contributed by atoms with Crippen LogP contribution in [-0.4, -0.2) is 52.4 Å². The van der Waals surface area contributed by atoms with E-state index in [0.717, 1.165) is 49.1 Å². The van der Waals surface area contributed by atoms with E-state index in [-0.39, 0.29) is 11.6 Å². The Kier molecular flexibility index (Phi) is 10.6. The summed E-state index contributed by atoms with van der Waals surface area (Å²) >= 11 is 6.09. The van der Waals surface area contributed by atoms with Crippen LogP contribution < -0.4 is 15.0 Å². The van der Waals surface area contributed by atoms with E-state index in [4.69, 9.17) is 26.1 Å². The highest BCUT2D eigenvalue weighted by Gasteiger charge is 2.29. The number of nitrogens with one attached hydrogen (secondary N) is 1. The number of hydrogen-bond donors (Lipinski definition) is 2. The lowest BCUT2D eigenvalue weighted by Crippen LogP contribution is -2.33. The number of para-hydroxylation sites is 1. The van der Waals surface area contributed by atoms with Crippen LogP contribution >= 0.6 is 11.6 Å². The molecule has 0 unspecified atom stereocenters. The Balaban J connectivity index is 1.37. The van der Waals surface area contributed by atoms with E-state index in [9.17, 15) is 14.7 Å². The highest BCUT2D eigenvalue weighted by atomic mass is 35.5. The molecule has 1 aliphatic heterocycles. The highest BCUT2D eigenvalue weighted by molar-refractivity contribution is 6.30. The van der Waals surface area contributed by atoms with Crippen molar-refractivity contribution >= 4 is 29.6 Å². The second kappa shape index (κ2) is 14.4. The van der Waals surface area contributed by atoms with Gasteiger partial charge in [0, 0.05) is 24.3 Å². The number of carbonyl (C=O) groups excluding carboxylic acids is 1. The summed E-state index contributed by atoms with van der Waals surface area (Å²) < 4.78 is 11.3. The Morgan fingerprint density at radius 3 is 2.60 bits per heavy atom. The van der Waals surface area contributed by atoms with Crippen LogP contribution in [0.3, 0.4) is 0 Å². The van der Waals surface area contributed by atoms with Crippen LogP contribution in [0.1, 0.15) is 79.7 Å². The van der Waals surface area contributed by atoms with E-state index >= 15 is 0 Å². The predicted molar refractivity (Wildman–Crippen MR) is 163 cm³/mol. The number of aromatic nitrogens is 2. The zero-order valence-electron chi connectivity index (χ0n) is 24.4. The van der Waals surface area contributed by atoms with Crippen LogP contribution in [-0.2, 0) is 17.6 Å². The van der Waals surface area contributed by atoms with Crippen molar-refractivity contribution in [2.75, 3.05) is 24.6 Å². The fraction of sp³-hybridized carbons (Fsp3) is 0.438. The molecule has 42 heavy (non-hydrogen) atoms. The Hall–Kier alpha value is -3.85. The summed E-state index contributed by atoms with van der Waals surface area (Å²) in [5.41, 5.74) is 2.19. The van der Waals surface area contributed by atoms with Crippen molar-refractivity contribution in [3.63, 3.8) is 0 Å². The topological polar surface area (TPSA) is 114 Å². The lowest BCUT2D eigenvalue weighted by molar-refractivity contribution is 0.0525. The van der Waals surface area contributed by atoms with Gasteiger partial charge in [0.05, 0.1) is 23.9 Å². The molecule has 0 saturated carbocycles. The smallest absolute Gasteiger partial charge is 0.407 e. The molecule has 0 radical (unpaired) electrons. The molecule has 4 rings (SSSR count). The number of halogens is 1. The van der Waals surface area contributed by atoms with Crippen LogP contribution in [0.25, 0.3) is 0 Å². The van der Waals surface area contributed by atoms with Crippen molar-refractivity contribution in [3.05, 3.63) is 82.1 Å². The summed E-state index contributed by atoms with van der Waals surface area (Å²) in [5.74, 6) is 0.250. The number of carboxylic acids is 1. The second-order valence-electron chi connectivity index (χ2n) is 11.3. The summed E-state index contributed by atoms with van der Waals surface area (Å²) in [4.78, 5) is 35.2. The van der Waals surface area contributed by atoms with Gasteiger partial charge >= 0.3 is 12.1 Å². The lowest BCUT2D eigenvalue weighted by Gasteiger charge is -2.25. The van der Waals surface area contributed by atoms with Gasteiger partial charge < -0.3 is 24.8 Å². The maximum absolute atomic E-state index is 12.0. The van der Waals surface area contributed by atoms with Gasteiger partial charge in [-0.15, -0.1) is 0 Å². The molecule has 1 aliphatic rings. The third-order valence-corrected chi connectivity index (χ3v) is 7.20. The summed E-state index contributed by atoms with van der Waals surface area (Å²) in [7, 11) is 0. The minimum absolute atomic E-state index is 0.108. The first-order valence-corrected chi connectivity index (χ1v) is 14.8. The summed E-state index contributed by atoms with van der Waals surface area (Å²) in [6.07, 6.45) is 5.45. The monoisotopic (exact) mass is 594 g/mol. The van der Waals surface area contributed by atoms with Gasteiger partial charge in [-0.05, 0) is 88.6 Å².